The molecule has 0 saturated heterocycles. The molecule has 1 fully saturated rings. The quantitative estimate of drug-likeness (QED) is 0.895. The number of aromatic carboxylic acids is 1. The van der Waals surface area contributed by atoms with E-state index in [1.54, 1.807) is 6.07 Å². The second-order valence-electron chi connectivity index (χ2n) is 6.32. The fraction of sp³-hybridized carbons (Fsp3) is 0.529. The molecule has 1 N–H and O–H groups in total. The van der Waals surface area contributed by atoms with Gasteiger partial charge in [0.1, 0.15) is 11.3 Å². The zero-order valence-corrected chi connectivity index (χ0v) is 12.8. The molecule has 1 heterocycles. The fourth-order valence-corrected chi connectivity index (χ4v) is 3.29. The summed E-state index contributed by atoms with van der Waals surface area (Å²) in [5, 5.41) is 9.36. The first-order valence-corrected chi connectivity index (χ1v) is 7.78. The molecule has 21 heavy (non-hydrogen) atoms. The van der Waals surface area contributed by atoms with Gasteiger partial charge in [-0.25, -0.2) is 9.78 Å². The highest BCUT2D eigenvalue weighted by Crippen LogP contribution is 2.49. The Kier molecular flexibility index (Phi) is 3.47. The van der Waals surface area contributed by atoms with Crippen molar-refractivity contribution >= 4 is 17.0 Å². The van der Waals surface area contributed by atoms with Crippen LogP contribution < -0.4 is 0 Å². The molecule has 2 atom stereocenters. The second-order valence-corrected chi connectivity index (χ2v) is 6.32. The monoisotopic (exact) mass is 286 g/mol. The number of benzene rings is 1. The van der Waals surface area contributed by atoms with Crippen molar-refractivity contribution in [2.45, 2.75) is 52.0 Å². The molecular formula is C17H22N2O2. The van der Waals surface area contributed by atoms with Crippen LogP contribution in [0.2, 0.25) is 0 Å². The van der Waals surface area contributed by atoms with Crippen LogP contribution in [0.25, 0.3) is 11.0 Å². The number of fused-ring (bicyclic) bond motifs is 1. The van der Waals surface area contributed by atoms with Crippen molar-refractivity contribution in [3.05, 3.63) is 29.6 Å². The molecule has 1 aromatic carbocycles. The molecule has 3 rings (SSSR count). The van der Waals surface area contributed by atoms with Gasteiger partial charge in [0.25, 0.3) is 0 Å². The Labute approximate surface area is 124 Å². The molecule has 0 spiro atoms. The summed E-state index contributed by atoms with van der Waals surface area (Å²) < 4.78 is 2.30. The minimum atomic E-state index is -0.901. The zero-order valence-electron chi connectivity index (χ0n) is 12.8. The minimum Gasteiger partial charge on any atom is -0.478 e. The van der Waals surface area contributed by atoms with E-state index in [9.17, 15) is 9.90 Å². The number of hydrogen-bond acceptors (Lipinski definition) is 2. The molecule has 1 aliphatic rings. The van der Waals surface area contributed by atoms with Gasteiger partial charge in [0.15, 0.2) is 0 Å². The molecule has 1 aromatic heterocycles. The maximum Gasteiger partial charge on any atom is 0.337 e. The smallest absolute Gasteiger partial charge is 0.337 e. The molecule has 2 aromatic rings. The van der Waals surface area contributed by atoms with Crippen molar-refractivity contribution in [1.29, 1.82) is 0 Å². The summed E-state index contributed by atoms with van der Waals surface area (Å²) in [5.41, 5.74) is 1.92. The number of carboxylic acid groups (broad SMARTS) is 1. The third-order valence-electron chi connectivity index (χ3n) is 4.37. The number of rotatable bonds is 5. The molecule has 0 aliphatic heterocycles. The molecular weight excluding hydrogens is 264 g/mol. The van der Waals surface area contributed by atoms with Crippen molar-refractivity contribution in [2.75, 3.05) is 0 Å². The third kappa shape index (κ3) is 2.33. The number of aromatic nitrogens is 2. The molecule has 0 amide bonds. The van der Waals surface area contributed by atoms with E-state index >= 15 is 0 Å². The lowest BCUT2D eigenvalue weighted by atomic mass is 10.2. The van der Waals surface area contributed by atoms with Gasteiger partial charge in [0, 0.05) is 12.0 Å². The molecule has 1 saturated carbocycles. The van der Waals surface area contributed by atoms with Crippen LogP contribution >= 0.6 is 0 Å². The van der Waals surface area contributed by atoms with Crippen molar-refractivity contribution in [1.82, 2.24) is 9.55 Å². The molecule has 4 nitrogen and oxygen atoms in total. The van der Waals surface area contributed by atoms with E-state index in [4.69, 9.17) is 0 Å². The molecule has 4 heteroatoms. The van der Waals surface area contributed by atoms with E-state index in [2.05, 4.69) is 30.3 Å². The Hall–Kier alpha value is -1.84. The highest BCUT2D eigenvalue weighted by molar-refractivity contribution is 6.01. The van der Waals surface area contributed by atoms with Gasteiger partial charge in [-0.3, -0.25) is 0 Å². The topological polar surface area (TPSA) is 55.1 Å². The maximum atomic E-state index is 11.4. The van der Waals surface area contributed by atoms with Crippen LogP contribution in [0, 0.1) is 5.92 Å². The number of carbonyl (C=O) groups is 1. The van der Waals surface area contributed by atoms with Crippen LogP contribution in [0.1, 0.15) is 68.2 Å². The fourth-order valence-electron chi connectivity index (χ4n) is 3.29. The van der Waals surface area contributed by atoms with E-state index in [1.165, 1.54) is 19.3 Å². The van der Waals surface area contributed by atoms with Crippen molar-refractivity contribution in [3.63, 3.8) is 0 Å². The molecule has 0 bridgehead atoms. The Morgan fingerprint density at radius 3 is 2.86 bits per heavy atom. The van der Waals surface area contributed by atoms with Crippen molar-refractivity contribution < 1.29 is 9.90 Å². The molecule has 0 radical (unpaired) electrons. The summed E-state index contributed by atoms with van der Waals surface area (Å²) in [5.74, 6) is 1.13. The van der Waals surface area contributed by atoms with Gasteiger partial charge in [0.05, 0.1) is 11.1 Å². The van der Waals surface area contributed by atoms with Crippen LogP contribution in [0.15, 0.2) is 18.2 Å². The molecule has 1 aliphatic carbocycles. The van der Waals surface area contributed by atoms with Crippen LogP contribution in [-0.2, 0) is 0 Å². The largest absolute Gasteiger partial charge is 0.478 e. The summed E-state index contributed by atoms with van der Waals surface area (Å²) >= 11 is 0. The average molecular weight is 286 g/mol. The highest BCUT2D eigenvalue weighted by atomic mass is 16.4. The minimum absolute atomic E-state index is 0.293. The summed E-state index contributed by atoms with van der Waals surface area (Å²) in [6.07, 6.45) is 3.63. The van der Waals surface area contributed by atoms with Gasteiger partial charge in [-0.15, -0.1) is 0 Å². The third-order valence-corrected chi connectivity index (χ3v) is 4.37. The van der Waals surface area contributed by atoms with E-state index in [-0.39, 0.29) is 0 Å². The normalized spacial score (nSPS) is 21.1. The van der Waals surface area contributed by atoms with Crippen LogP contribution in [-0.4, -0.2) is 20.6 Å². The predicted molar refractivity (Wildman–Crippen MR) is 82.8 cm³/mol. The zero-order chi connectivity index (χ0) is 15.1. The summed E-state index contributed by atoms with van der Waals surface area (Å²) in [6, 6.07) is 5.96. The van der Waals surface area contributed by atoms with Crippen LogP contribution in [0.3, 0.4) is 0 Å². The molecule has 2 unspecified atom stereocenters. The Balaban J connectivity index is 2.15. The van der Waals surface area contributed by atoms with Crippen LogP contribution in [0.4, 0.5) is 0 Å². The lowest BCUT2D eigenvalue weighted by Gasteiger charge is -2.11. The number of nitrogens with zero attached hydrogens (tertiary/aromatic N) is 2. The predicted octanol–water partition coefficient (Wildman–Crippen LogP) is 4.22. The number of carboxylic acids is 1. The highest BCUT2D eigenvalue weighted by Gasteiger charge is 2.40. The van der Waals surface area contributed by atoms with Gasteiger partial charge in [-0.2, -0.15) is 0 Å². The first-order valence-electron chi connectivity index (χ1n) is 7.78. The van der Waals surface area contributed by atoms with Crippen molar-refractivity contribution in [3.8, 4) is 0 Å². The van der Waals surface area contributed by atoms with Crippen LogP contribution in [0.5, 0.6) is 0 Å². The van der Waals surface area contributed by atoms with E-state index in [0.717, 1.165) is 17.3 Å². The summed E-state index contributed by atoms with van der Waals surface area (Å²) in [4.78, 5) is 16.1. The van der Waals surface area contributed by atoms with E-state index < -0.39 is 5.97 Å². The van der Waals surface area contributed by atoms with Gasteiger partial charge in [-0.05, 0) is 30.9 Å². The molecule has 112 valence electrons. The Morgan fingerprint density at radius 2 is 2.24 bits per heavy atom. The summed E-state index contributed by atoms with van der Waals surface area (Å²) in [6.45, 7) is 6.46. The van der Waals surface area contributed by atoms with Gasteiger partial charge < -0.3 is 9.67 Å². The van der Waals surface area contributed by atoms with Gasteiger partial charge >= 0.3 is 5.97 Å². The first kappa shape index (κ1) is 14.1. The number of imidazole rings is 1. The Bertz CT molecular complexity index is 687. The van der Waals surface area contributed by atoms with Crippen molar-refractivity contribution in [2.24, 2.45) is 5.92 Å². The van der Waals surface area contributed by atoms with E-state index in [1.807, 2.05) is 12.1 Å². The standard InChI is InChI=1S/C17H22N2O2/c1-4-6-11-9-14(11)19-13-8-5-7-12(17(20)21)15(13)18-16(19)10(2)3/h5,7-8,10-11,14H,4,6,9H2,1-3H3,(H,20,21). The lowest BCUT2D eigenvalue weighted by molar-refractivity contribution is 0.0699. The van der Waals surface area contributed by atoms with Gasteiger partial charge in [0.2, 0.25) is 0 Å². The maximum absolute atomic E-state index is 11.4. The summed E-state index contributed by atoms with van der Waals surface area (Å²) in [7, 11) is 0. The lowest BCUT2D eigenvalue weighted by Crippen LogP contribution is -2.04. The SMILES string of the molecule is CCCC1CC1n1c(C(C)C)nc2c(C(=O)O)cccc21. The number of hydrogen-bond donors (Lipinski definition) is 1. The second kappa shape index (κ2) is 5.17. The van der Waals surface area contributed by atoms with E-state index in [0.29, 0.717) is 23.0 Å². The van der Waals surface area contributed by atoms with Gasteiger partial charge in [-0.1, -0.05) is 33.3 Å². The Morgan fingerprint density at radius 1 is 1.48 bits per heavy atom. The number of para-hydroxylation sites is 1. The average Bonchev–Trinajstić information content (AvgIpc) is 3.07. The first-order chi connectivity index (χ1) is 10.0.